The van der Waals surface area contributed by atoms with Crippen LogP contribution in [0, 0.1) is 13.8 Å². The predicted octanol–water partition coefficient (Wildman–Crippen LogP) is 5.38. The summed E-state index contributed by atoms with van der Waals surface area (Å²) in [7, 11) is 0. The van der Waals surface area contributed by atoms with Crippen molar-refractivity contribution in [1.82, 2.24) is 10.2 Å². The van der Waals surface area contributed by atoms with Crippen LogP contribution in [0.15, 0.2) is 78.9 Å². The minimum atomic E-state index is -0.636. The second kappa shape index (κ2) is 12.4. The van der Waals surface area contributed by atoms with Gasteiger partial charge in [0.25, 0.3) is 5.91 Å². The molecule has 0 unspecified atom stereocenters. The van der Waals surface area contributed by atoms with Crippen LogP contribution in [-0.4, -0.2) is 35.4 Å². The lowest BCUT2D eigenvalue weighted by Crippen LogP contribution is -2.53. The van der Waals surface area contributed by atoms with Crippen LogP contribution in [0.5, 0.6) is 5.75 Å². The van der Waals surface area contributed by atoms with Crippen molar-refractivity contribution in [3.05, 3.63) is 101 Å². The summed E-state index contributed by atoms with van der Waals surface area (Å²) in [5.74, 6) is 0.381. The molecule has 0 bridgehead atoms. The molecule has 3 aromatic rings. The number of rotatable bonds is 10. The van der Waals surface area contributed by atoms with E-state index >= 15 is 0 Å². The van der Waals surface area contributed by atoms with Crippen LogP contribution in [0.2, 0.25) is 0 Å². The quantitative estimate of drug-likeness (QED) is 0.420. The number of nitrogens with zero attached hydrogens (tertiary/aromatic N) is 1. The molecule has 1 atom stereocenters. The Labute approximate surface area is 214 Å². The Morgan fingerprint density at radius 3 is 2.19 bits per heavy atom. The zero-order chi connectivity index (χ0) is 25.3. The number of hydrogen-bond acceptors (Lipinski definition) is 3. The molecule has 4 rings (SSSR count). The first-order chi connectivity index (χ1) is 17.5. The van der Waals surface area contributed by atoms with Gasteiger partial charge in [-0.3, -0.25) is 9.59 Å². The zero-order valence-corrected chi connectivity index (χ0v) is 21.3. The van der Waals surface area contributed by atoms with Crippen LogP contribution in [0.1, 0.15) is 47.9 Å². The number of carbonyl (C=O) groups excluding carboxylic acids is 2. The third-order valence-electron chi connectivity index (χ3n) is 6.85. The fourth-order valence-corrected chi connectivity index (χ4v) is 4.89. The van der Waals surface area contributed by atoms with Crippen molar-refractivity contribution in [2.75, 3.05) is 6.61 Å². The summed E-state index contributed by atoms with van der Waals surface area (Å²) in [4.78, 5) is 29.0. The van der Waals surface area contributed by atoms with E-state index in [0.717, 1.165) is 47.9 Å². The molecule has 5 nitrogen and oxygen atoms in total. The van der Waals surface area contributed by atoms with Crippen LogP contribution in [0.25, 0.3) is 0 Å². The fraction of sp³-hybridized carbons (Fsp3) is 0.355. The fourth-order valence-electron chi connectivity index (χ4n) is 4.89. The van der Waals surface area contributed by atoms with E-state index in [4.69, 9.17) is 4.74 Å². The molecule has 1 fully saturated rings. The summed E-state index contributed by atoms with van der Waals surface area (Å²) < 4.78 is 5.96. The van der Waals surface area contributed by atoms with E-state index in [0.29, 0.717) is 18.7 Å². The predicted molar refractivity (Wildman–Crippen MR) is 143 cm³/mol. The molecule has 1 aliphatic carbocycles. The second-order valence-corrected chi connectivity index (χ2v) is 9.76. The molecule has 1 aliphatic rings. The molecule has 0 spiro atoms. The van der Waals surface area contributed by atoms with Crippen molar-refractivity contribution in [2.24, 2.45) is 0 Å². The number of amides is 2. The molecular formula is C31H36N2O3. The third kappa shape index (κ3) is 6.97. The standard InChI is InChI=1S/C31H36N2O3/c1-23-17-18-29(24(2)19-23)36-22-30(34)33(21-26-13-7-4-8-14-26)28(20-25-11-5-3-6-12-25)31(35)32-27-15-9-10-16-27/h3-8,11-14,17-19,27-28H,9-10,15-16,20-22H2,1-2H3,(H,32,35)/t28-/m1/s1. The minimum absolute atomic E-state index is 0.0958. The maximum absolute atomic E-state index is 13.7. The van der Waals surface area contributed by atoms with Gasteiger partial charge in [-0.05, 0) is 49.4 Å². The van der Waals surface area contributed by atoms with Crippen LogP contribution < -0.4 is 10.1 Å². The van der Waals surface area contributed by atoms with Crippen LogP contribution >= 0.6 is 0 Å². The number of benzene rings is 3. The third-order valence-corrected chi connectivity index (χ3v) is 6.85. The highest BCUT2D eigenvalue weighted by Gasteiger charge is 2.32. The smallest absolute Gasteiger partial charge is 0.261 e. The van der Waals surface area contributed by atoms with E-state index in [-0.39, 0.29) is 24.5 Å². The zero-order valence-electron chi connectivity index (χ0n) is 21.3. The van der Waals surface area contributed by atoms with Gasteiger partial charge in [-0.15, -0.1) is 0 Å². The molecule has 36 heavy (non-hydrogen) atoms. The van der Waals surface area contributed by atoms with E-state index in [2.05, 4.69) is 5.32 Å². The summed E-state index contributed by atoms with van der Waals surface area (Å²) in [6, 6.07) is 25.2. The van der Waals surface area contributed by atoms with Crippen LogP contribution in [0.4, 0.5) is 0 Å². The van der Waals surface area contributed by atoms with Gasteiger partial charge in [0.15, 0.2) is 6.61 Å². The molecule has 0 aliphatic heterocycles. The van der Waals surface area contributed by atoms with Gasteiger partial charge in [-0.25, -0.2) is 0 Å². The van der Waals surface area contributed by atoms with Crippen molar-refractivity contribution in [3.8, 4) is 5.75 Å². The van der Waals surface area contributed by atoms with E-state index in [1.807, 2.05) is 92.7 Å². The first kappa shape index (κ1) is 25.5. The van der Waals surface area contributed by atoms with Crippen LogP contribution in [-0.2, 0) is 22.6 Å². The molecular weight excluding hydrogens is 448 g/mol. The number of nitrogens with one attached hydrogen (secondary N) is 1. The summed E-state index contributed by atoms with van der Waals surface area (Å²) in [5.41, 5.74) is 4.12. The van der Waals surface area contributed by atoms with Gasteiger partial charge < -0.3 is 15.0 Å². The normalized spacial score (nSPS) is 14.3. The van der Waals surface area contributed by atoms with Crippen molar-refractivity contribution in [3.63, 3.8) is 0 Å². The highest BCUT2D eigenvalue weighted by atomic mass is 16.5. The first-order valence-corrected chi connectivity index (χ1v) is 12.9. The van der Waals surface area contributed by atoms with E-state index in [1.54, 1.807) is 4.90 Å². The van der Waals surface area contributed by atoms with Gasteiger partial charge in [-0.2, -0.15) is 0 Å². The lowest BCUT2D eigenvalue weighted by molar-refractivity contribution is -0.143. The number of hydrogen-bond donors (Lipinski definition) is 1. The van der Waals surface area contributed by atoms with E-state index in [1.165, 1.54) is 0 Å². The van der Waals surface area contributed by atoms with Crippen molar-refractivity contribution in [1.29, 1.82) is 0 Å². The van der Waals surface area contributed by atoms with Crippen molar-refractivity contribution >= 4 is 11.8 Å². The molecule has 2 amide bonds. The van der Waals surface area contributed by atoms with Gasteiger partial charge >= 0.3 is 0 Å². The highest BCUT2D eigenvalue weighted by Crippen LogP contribution is 2.22. The lowest BCUT2D eigenvalue weighted by Gasteiger charge is -2.32. The SMILES string of the molecule is Cc1ccc(OCC(=O)N(Cc2ccccc2)[C@H](Cc2ccccc2)C(=O)NC2CCCC2)c(C)c1. The van der Waals surface area contributed by atoms with Gasteiger partial charge in [0.1, 0.15) is 11.8 Å². The number of aryl methyl sites for hydroxylation is 2. The molecule has 1 saturated carbocycles. The van der Waals surface area contributed by atoms with Crippen molar-refractivity contribution in [2.45, 2.75) is 64.6 Å². The van der Waals surface area contributed by atoms with E-state index in [9.17, 15) is 9.59 Å². The lowest BCUT2D eigenvalue weighted by atomic mass is 10.0. The minimum Gasteiger partial charge on any atom is -0.483 e. The Kier molecular flexibility index (Phi) is 8.77. The number of carbonyl (C=O) groups is 2. The maximum atomic E-state index is 13.7. The molecule has 0 saturated heterocycles. The average molecular weight is 485 g/mol. The molecule has 0 aromatic heterocycles. The second-order valence-electron chi connectivity index (χ2n) is 9.76. The Bertz CT molecular complexity index is 1140. The Morgan fingerprint density at radius 1 is 0.917 bits per heavy atom. The molecule has 0 heterocycles. The highest BCUT2D eigenvalue weighted by molar-refractivity contribution is 5.88. The molecule has 188 valence electrons. The molecule has 3 aromatic carbocycles. The maximum Gasteiger partial charge on any atom is 0.261 e. The summed E-state index contributed by atoms with van der Waals surface area (Å²) in [5, 5.41) is 3.24. The number of ether oxygens (including phenoxy) is 1. The van der Waals surface area contributed by atoms with Gasteiger partial charge in [0.05, 0.1) is 0 Å². The Hall–Kier alpha value is -3.60. The molecule has 5 heteroatoms. The van der Waals surface area contributed by atoms with Crippen molar-refractivity contribution < 1.29 is 14.3 Å². The summed E-state index contributed by atoms with van der Waals surface area (Å²) in [6.45, 7) is 4.21. The van der Waals surface area contributed by atoms with Gasteiger partial charge in [0.2, 0.25) is 5.91 Å². The molecule has 0 radical (unpaired) electrons. The monoisotopic (exact) mass is 484 g/mol. The van der Waals surface area contributed by atoms with Gasteiger partial charge in [-0.1, -0.05) is 91.2 Å². The summed E-state index contributed by atoms with van der Waals surface area (Å²) in [6.07, 6.45) is 4.69. The summed E-state index contributed by atoms with van der Waals surface area (Å²) >= 11 is 0. The van der Waals surface area contributed by atoms with Gasteiger partial charge in [0, 0.05) is 19.0 Å². The van der Waals surface area contributed by atoms with Crippen LogP contribution in [0.3, 0.4) is 0 Å². The largest absolute Gasteiger partial charge is 0.483 e. The Morgan fingerprint density at radius 2 is 1.56 bits per heavy atom. The molecule has 1 N–H and O–H groups in total. The first-order valence-electron chi connectivity index (χ1n) is 12.9. The Balaban J connectivity index is 1.60. The topological polar surface area (TPSA) is 58.6 Å². The average Bonchev–Trinajstić information content (AvgIpc) is 3.39. The van der Waals surface area contributed by atoms with E-state index < -0.39 is 6.04 Å².